The normalized spacial score (nSPS) is 10.0. The topological polar surface area (TPSA) is 83.8 Å². The van der Waals surface area contributed by atoms with Crippen molar-refractivity contribution in [2.75, 3.05) is 6.61 Å². The van der Waals surface area contributed by atoms with E-state index < -0.39 is 17.9 Å². The van der Waals surface area contributed by atoms with Crippen LogP contribution in [0.15, 0.2) is 24.3 Å². The van der Waals surface area contributed by atoms with E-state index in [9.17, 15) is 9.59 Å². The van der Waals surface area contributed by atoms with Gasteiger partial charge in [0.15, 0.2) is 5.92 Å². The first-order chi connectivity index (χ1) is 10.4. The fraction of sp³-hybridized carbons (Fsp3) is 0.500. The molecule has 0 aliphatic heterocycles. The van der Waals surface area contributed by atoms with Gasteiger partial charge < -0.3 is 14.9 Å². The van der Waals surface area contributed by atoms with E-state index >= 15 is 0 Å². The average Bonchev–Trinajstić information content (AvgIpc) is 2.48. The van der Waals surface area contributed by atoms with Crippen LogP contribution in [-0.4, -0.2) is 28.8 Å². The summed E-state index contributed by atoms with van der Waals surface area (Å²) in [6, 6.07) is 7.01. The number of carbonyl (C=O) groups is 2. The van der Waals surface area contributed by atoms with Crippen molar-refractivity contribution in [1.29, 1.82) is 0 Å². The minimum Gasteiger partial charge on any atom is -0.481 e. The van der Waals surface area contributed by atoms with Crippen LogP contribution < -0.4 is 0 Å². The van der Waals surface area contributed by atoms with Gasteiger partial charge in [-0.15, -0.1) is 0 Å². The molecule has 0 aromatic heterocycles. The lowest BCUT2D eigenvalue weighted by molar-refractivity contribution is -0.155. The van der Waals surface area contributed by atoms with E-state index in [1.165, 1.54) is 12.8 Å². The number of carboxylic acid groups (broad SMARTS) is 2. The second-order valence-electron chi connectivity index (χ2n) is 4.70. The standard InChI is InChI=1S/C12H13ClO5.C4H10/c13-9-3-1-8(2-4-9)7-18-6-5-10(11(14)15)12(16)17;1-3-4-2/h1-4,10H,5-7H2,(H,14,15)(H,16,17);3-4H2,1-2H3. The lowest BCUT2D eigenvalue weighted by Gasteiger charge is -2.08. The minimum absolute atomic E-state index is 0.0573. The third-order valence-corrected chi connectivity index (χ3v) is 3.08. The van der Waals surface area contributed by atoms with Gasteiger partial charge in [0.25, 0.3) is 0 Å². The molecule has 124 valence electrons. The first kappa shape index (κ1) is 20.4. The number of aliphatic carboxylic acids is 2. The molecule has 0 saturated heterocycles. The number of hydrogen-bond acceptors (Lipinski definition) is 3. The zero-order valence-electron chi connectivity index (χ0n) is 12.9. The number of ether oxygens (including phenoxy) is 1. The Morgan fingerprint density at radius 3 is 2.00 bits per heavy atom. The molecule has 1 rings (SSSR count). The van der Waals surface area contributed by atoms with E-state index in [-0.39, 0.29) is 13.0 Å². The van der Waals surface area contributed by atoms with E-state index in [4.69, 9.17) is 26.6 Å². The molecule has 0 fully saturated rings. The number of carboxylic acids is 2. The van der Waals surface area contributed by atoms with Crippen molar-refractivity contribution in [3.63, 3.8) is 0 Å². The molecular weight excluding hydrogens is 308 g/mol. The molecule has 0 atom stereocenters. The van der Waals surface area contributed by atoms with E-state index in [2.05, 4.69) is 13.8 Å². The molecule has 22 heavy (non-hydrogen) atoms. The molecule has 0 heterocycles. The van der Waals surface area contributed by atoms with Gasteiger partial charge in [0.2, 0.25) is 0 Å². The third kappa shape index (κ3) is 9.37. The highest BCUT2D eigenvalue weighted by molar-refractivity contribution is 6.30. The van der Waals surface area contributed by atoms with Crippen molar-refractivity contribution in [1.82, 2.24) is 0 Å². The van der Waals surface area contributed by atoms with E-state index in [1.807, 2.05) is 0 Å². The van der Waals surface area contributed by atoms with Crippen LogP contribution >= 0.6 is 11.6 Å². The smallest absolute Gasteiger partial charge is 0.317 e. The Kier molecular flexibility index (Phi) is 11.1. The van der Waals surface area contributed by atoms with Crippen molar-refractivity contribution in [3.05, 3.63) is 34.9 Å². The second-order valence-corrected chi connectivity index (χ2v) is 5.13. The van der Waals surface area contributed by atoms with Gasteiger partial charge in [0.05, 0.1) is 6.61 Å². The zero-order chi connectivity index (χ0) is 17.0. The molecule has 1 aromatic rings. The first-order valence-electron chi connectivity index (χ1n) is 7.20. The molecule has 0 radical (unpaired) electrons. The van der Waals surface area contributed by atoms with Gasteiger partial charge in [-0.25, -0.2) is 0 Å². The Balaban J connectivity index is 0.000000980. The van der Waals surface area contributed by atoms with Crippen molar-refractivity contribution < 1.29 is 24.5 Å². The van der Waals surface area contributed by atoms with E-state index in [0.29, 0.717) is 11.6 Å². The predicted octanol–water partition coefficient (Wildman–Crippen LogP) is 3.84. The molecule has 0 amide bonds. The Bertz CT molecular complexity index is 428. The van der Waals surface area contributed by atoms with Gasteiger partial charge >= 0.3 is 11.9 Å². The van der Waals surface area contributed by atoms with Crippen LogP contribution in [0.25, 0.3) is 0 Å². The molecule has 0 bridgehead atoms. The minimum atomic E-state index is -1.42. The largest absolute Gasteiger partial charge is 0.481 e. The lowest BCUT2D eigenvalue weighted by atomic mass is 10.1. The SMILES string of the molecule is CCCC.O=C(O)C(CCOCc1ccc(Cl)cc1)C(=O)O. The van der Waals surface area contributed by atoms with Crippen LogP contribution in [0.3, 0.4) is 0 Å². The number of hydrogen-bond donors (Lipinski definition) is 2. The van der Waals surface area contributed by atoms with Gasteiger partial charge in [-0.3, -0.25) is 9.59 Å². The van der Waals surface area contributed by atoms with Crippen LogP contribution in [0.5, 0.6) is 0 Å². The molecule has 1 aromatic carbocycles. The molecule has 2 N–H and O–H groups in total. The van der Waals surface area contributed by atoms with Gasteiger partial charge in [-0.1, -0.05) is 50.4 Å². The second kappa shape index (κ2) is 12.0. The molecule has 0 aliphatic rings. The third-order valence-electron chi connectivity index (χ3n) is 2.83. The number of rotatable bonds is 8. The first-order valence-corrected chi connectivity index (χ1v) is 7.57. The van der Waals surface area contributed by atoms with Crippen LogP contribution in [0.4, 0.5) is 0 Å². The highest BCUT2D eigenvalue weighted by Gasteiger charge is 2.24. The highest BCUT2D eigenvalue weighted by atomic mass is 35.5. The maximum atomic E-state index is 10.6. The van der Waals surface area contributed by atoms with Crippen molar-refractivity contribution >= 4 is 23.5 Å². The summed E-state index contributed by atoms with van der Waals surface area (Å²) in [5.74, 6) is -4.12. The summed E-state index contributed by atoms with van der Waals surface area (Å²) in [6.07, 6.45) is 2.58. The quantitative estimate of drug-likeness (QED) is 0.559. The molecule has 0 spiro atoms. The Morgan fingerprint density at radius 2 is 1.59 bits per heavy atom. The lowest BCUT2D eigenvalue weighted by Crippen LogP contribution is -2.24. The maximum Gasteiger partial charge on any atom is 0.317 e. The Labute approximate surface area is 135 Å². The highest BCUT2D eigenvalue weighted by Crippen LogP contribution is 2.11. The predicted molar refractivity (Wildman–Crippen MR) is 85.1 cm³/mol. The van der Waals surface area contributed by atoms with Gasteiger partial charge in [0.1, 0.15) is 0 Å². The van der Waals surface area contributed by atoms with Crippen molar-refractivity contribution in [2.24, 2.45) is 5.92 Å². The number of unbranched alkanes of at least 4 members (excludes halogenated alkanes) is 1. The monoisotopic (exact) mass is 330 g/mol. The van der Waals surface area contributed by atoms with Crippen LogP contribution in [0.2, 0.25) is 5.02 Å². The summed E-state index contributed by atoms with van der Waals surface area (Å²) in [4.78, 5) is 21.2. The summed E-state index contributed by atoms with van der Waals surface area (Å²) in [5, 5.41) is 17.9. The Hall–Kier alpha value is -1.59. The number of benzene rings is 1. The van der Waals surface area contributed by atoms with Crippen molar-refractivity contribution in [2.45, 2.75) is 39.7 Å². The fourth-order valence-corrected chi connectivity index (χ4v) is 1.45. The summed E-state index contributed by atoms with van der Waals surface area (Å²) in [7, 11) is 0. The molecule has 0 saturated carbocycles. The van der Waals surface area contributed by atoms with E-state index in [0.717, 1.165) is 5.56 Å². The Morgan fingerprint density at radius 1 is 1.09 bits per heavy atom. The van der Waals surface area contributed by atoms with Crippen LogP contribution in [-0.2, 0) is 20.9 Å². The van der Waals surface area contributed by atoms with Gasteiger partial charge in [-0.2, -0.15) is 0 Å². The van der Waals surface area contributed by atoms with E-state index in [1.54, 1.807) is 24.3 Å². The summed E-state index contributed by atoms with van der Waals surface area (Å²) >= 11 is 5.71. The zero-order valence-corrected chi connectivity index (χ0v) is 13.7. The van der Waals surface area contributed by atoms with Crippen LogP contribution in [0.1, 0.15) is 38.7 Å². The van der Waals surface area contributed by atoms with Crippen molar-refractivity contribution in [3.8, 4) is 0 Å². The average molecular weight is 331 g/mol. The van der Waals surface area contributed by atoms with Gasteiger partial charge in [-0.05, 0) is 24.1 Å². The molecule has 5 nitrogen and oxygen atoms in total. The molecule has 0 aliphatic carbocycles. The number of halogens is 1. The molecular formula is C16H23ClO5. The maximum absolute atomic E-state index is 10.6. The molecule has 6 heteroatoms. The fourth-order valence-electron chi connectivity index (χ4n) is 1.32. The molecule has 0 unspecified atom stereocenters. The summed E-state index contributed by atoms with van der Waals surface area (Å²) in [5.41, 5.74) is 0.890. The summed E-state index contributed by atoms with van der Waals surface area (Å²) in [6.45, 7) is 4.73. The van der Waals surface area contributed by atoms with Gasteiger partial charge in [0, 0.05) is 11.6 Å². The summed E-state index contributed by atoms with van der Waals surface area (Å²) < 4.78 is 5.22. The van der Waals surface area contributed by atoms with Crippen LogP contribution in [0, 0.1) is 5.92 Å².